The molecule has 0 aliphatic carbocycles. The topological polar surface area (TPSA) is 70.8 Å². The molecule has 2 heterocycles. The van der Waals surface area contributed by atoms with Crippen molar-refractivity contribution in [3.05, 3.63) is 59.6 Å². The van der Waals surface area contributed by atoms with E-state index in [9.17, 15) is 22.0 Å². The molecule has 0 atom stereocenters. The molecule has 0 bridgehead atoms. The van der Waals surface area contributed by atoms with Crippen LogP contribution >= 0.6 is 0 Å². The maximum absolute atomic E-state index is 13.3. The minimum atomic E-state index is -3.95. The largest absolute Gasteiger partial charge is 0.462 e. The molecule has 1 amide bonds. The van der Waals surface area contributed by atoms with E-state index in [1.807, 2.05) is 0 Å². The van der Waals surface area contributed by atoms with Gasteiger partial charge in [0.1, 0.15) is 11.5 Å². The van der Waals surface area contributed by atoms with Gasteiger partial charge in [0.25, 0.3) is 0 Å². The number of hydrogen-bond acceptors (Lipinski definition) is 4. The highest BCUT2D eigenvalue weighted by Crippen LogP contribution is 2.20. The molecule has 0 spiro atoms. The van der Waals surface area contributed by atoms with Crippen LogP contribution in [0.25, 0.3) is 6.08 Å². The molecule has 1 aromatic heterocycles. The van der Waals surface area contributed by atoms with Gasteiger partial charge in [-0.05, 0) is 43.3 Å². The zero-order chi connectivity index (χ0) is 19.6. The van der Waals surface area contributed by atoms with Crippen molar-refractivity contribution < 1.29 is 26.4 Å². The van der Waals surface area contributed by atoms with Gasteiger partial charge in [-0.3, -0.25) is 4.79 Å². The molecule has 0 radical (unpaired) electrons. The van der Waals surface area contributed by atoms with Crippen LogP contribution in [-0.4, -0.2) is 49.7 Å². The summed E-state index contributed by atoms with van der Waals surface area (Å²) in [4.78, 5) is 13.4. The molecule has 1 aromatic carbocycles. The molecule has 1 saturated heterocycles. The number of sulfonamides is 1. The normalized spacial score (nSPS) is 16.2. The number of benzene rings is 1. The number of amides is 1. The first kappa shape index (κ1) is 19.2. The molecule has 6 nitrogen and oxygen atoms in total. The third-order valence-corrected chi connectivity index (χ3v) is 6.13. The number of furan rings is 1. The Balaban J connectivity index is 1.63. The minimum Gasteiger partial charge on any atom is -0.462 e. The monoisotopic (exact) mass is 396 g/mol. The molecule has 9 heteroatoms. The van der Waals surface area contributed by atoms with Crippen LogP contribution in [-0.2, 0) is 14.8 Å². The van der Waals surface area contributed by atoms with E-state index < -0.39 is 21.7 Å². The van der Waals surface area contributed by atoms with Crippen LogP contribution in [0.1, 0.15) is 11.5 Å². The third kappa shape index (κ3) is 4.25. The van der Waals surface area contributed by atoms with Crippen molar-refractivity contribution in [1.82, 2.24) is 9.21 Å². The van der Waals surface area contributed by atoms with Crippen LogP contribution in [0.5, 0.6) is 0 Å². The molecule has 2 aromatic rings. The first-order chi connectivity index (χ1) is 12.8. The Kier molecular flexibility index (Phi) is 5.43. The first-order valence-corrected chi connectivity index (χ1v) is 9.70. The van der Waals surface area contributed by atoms with Crippen LogP contribution in [0, 0.1) is 18.6 Å². The van der Waals surface area contributed by atoms with Crippen molar-refractivity contribution >= 4 is 22.0 Å². The number of halogens is 2. The molecule has 0 saturated carbocycles. The van der Waals surface area contributed by atoms with E-state index in [2.05, 4.69) is 0 Å². The number of aryl methyl sites for hydroxylation is 1. The Morgan fingerprint density at radius 1 is 1.07 bits per heavy atom. The predicted molar refractivity (Wildman–Crippen MR) is 94.2 cm³/mol. The average molecular weight is 396 g/mol. The third-order valence-electron chi connectivity index (χ3n) is 4.23. The van der Waals surface area contributed by atoms with Crippen LogP contribution < -0.4 is 0 Å². The SMILES string of the molecule is Cc1ccc(/C=C/C(=O)N2CCN(S(=O)(=O)c3ccc(F)c(F)c3)CC2)o1. The Bertz CT molecular complexity index is 977. The Morgan fingerprint density at radius 3 is 2.37 bits per heavy atom. The Hall–Kier alpha value is -2.52. The second kappa shape index (κ2) is 7.61. The second-order valence-electron chi connectivity index (χ2n) is 6.09. The summed E-state index contributed by atoms with van der Waals surface area (Å²) in [5.41, 5.74) is 0. The zero-order valence-corrected chi connectivity index (χ0v) is 15.4. The summed E-state index contributed by atoms with van der Waals surface area (Å²) < 4.78 is 58.0. The highest BCUT2D eigenvalue weighted by molar-refractivity contribution is 7.89. The van der Waals surface area contributed by atoms with Crippen LogP contribution in [0.3, 0.4) is 0 Å². The summed E-state index contributed by atoms with van der Waals surface area (Å²) in [7, 11) is -3.95. The lowest BCUT2D eigenvalue weighted by molar-refractivity contribution is -0.127. The fourth-order valence-corrected chi connectivity index (χ4v) is 4.17. The predicted octanol–water partition coefficient (Wildman–Crippen LogP) is 2.41. The molecule has 27 heavy (non-hydrogen) atoms. The van der Waals surface area contributed by atoms with E-state index in [0.29, 0.717) is 11.8 Å². The molecule has 1 fully saturated rings. The number of carbonyl (C=O) groups excluding carboxylic acids is 1. The first-order valence-electron chi connectivity index (χ1n) is 8.26. The molecule has 3 rings (SSSR count). The minimum absolute atomic E-state index is 0.0702. The van der Waals surface area contributed by atoms with E-state index in [1.165, 1.54) is 11.0 Å². The molecule has 1 aliphatic heterocycles. The van der Waals surface area contributed by atoms with Crippen LogP contribution in [0.2, 0.25) is 0 Å². The number of hydrogen-bond donors (Lipinski definition) is 0. The van der Waals surface area contributed by atoms with Crippen molar-refractivity contribution in [2.24, 2.45) is 0 Å². The second-order valence-corrected chi connectivity index (χ2v) is 8.02. The highest BCUT2D eigenvalue weighted by atomic mass is 32.2. The maximum atomic E-state index is 13.3. The van der Waals surface area contributed by atoms with Gasteiger partial charge in [-0.2, -0.15) is 4.31 Å². The highest BCUT2D eigenvalue weighted by Gasteiger charge is 2.30. The van der Waals surface area contributed by atoms with E-state index in [4.69, 9.17) is 4.42 Å². The molecule has 144 valence electrons. The molecule has 1 aliphatic rings. The van der Waals surface area contributed by atoms with Gasteiger partial charge in [-0.25, -0.2) is 17.2 Å². The summed E-state index contributed by atoms with van der Waals surface area (Å²) in [6.07, 6.45) is 2.93. The van der Waals surface area contributed by atoms with Gasteiger partial charge in [-0.1, -0.05) is 0 Å². The fourth-order valence-electron chi connectivity index (χ4n) is 2.74. The van der Waals surface area contributed by atoms with E-state index in [0.717, 1.165) is 22.2 Å². The Morgan fingerprint density at radius 2 is 1.78 bits per heavy atom. The van der Waals surface area contributed by atoms with Crippen LogP contribution in [0.15, 0.2) is 45.7 Å². The smallest absolute Gasteiger partial charge is 0.246 e. The Labute approximate surface area is 155 Å². The summed E-state index contributed by atoms with van der Waals surface area (Å²) >= 11 is 0. The van der Waals surface area contributed by atoms with E-state index >= 15 is 0 Å². The quantitative estimate of drug-likeness (QED) is 0.745. The standard InChI is InChI=1S/C18H18F2N2O4S/c1-13-2-3-14(26-13)4-7-18(23)21-8-10-22(11-9-21)27(24,25)15-5-6-16(19)17(20)12-15/h2-7,12H,8-11H2,1H3/b7-4+. The van der Waals surface area contributed by atoms with Crippen molar-refractivity contribution in [2.45, 2.75) is 11.8 Å². The number of carbonyl (C=O) groups is 1. The van der Waals surface area contributed by atoms with Crippen molar-refractivity contribution in [3.8, 4) is 0 Å². The van der Waals surface area contributed by atoms with E-state index in [1.54, 1.807) is 25.1 Å². The summed E-state index contributed by atoms with van der Waals surface area (Å²) in [6.45, 7) is 2.33. The molecular formula is C18H18F2N2O4S. The summed E-state index contributed by atoms with van der Waals surface area (Å²) in [5.74, 6) is -1.29. The summed E-state index contributed by atoms with van der Waals surface area (Å²) in [6, 6.07) is 6.00. The van der Waals surface area contributed by atoms with Crippen molar-refractivity contribution in [2.75, 3.05) is 26.2 Å². The fraction of sp³-hybridized carbons (Fsp3) is 0.278. The lowest BCUT2D eigenvalue weighted by atomic mass is 10.3. The zero-order valence-electron chi connectivity index (χ0n) is 14.6. The van der Waals surface area contributed by atoms with Gasteiger partial charge < -0.3 is 9.32 Å². The molecular weight excluding hydrogens is 378 g/mol. The molecule has 0 unspecified atom stereocenters. The lowest BCUT2D eigenvalue weighted by Gasteiger charge is -2.33. The lowest BCUT2D eigenvalue weighted by Crippen LogP contribution is -2.50. The van der Waals surface area contributed by atoms with Gasteiger partial charge in [0.05, 0.1) is 4.90 Å². The summed E-state index contributed by atoms with van der Waals surface area (Å²) in [5, 5.41) is 0. The van der Waals surface area contributed by atoms with Crippen molar-refractivity contribution in [1.29, 1.82) is 0 Å². The van der Waals surface area contributed by atoms with Gasteiger partial charge >= 0.3 is 0 Å². The maximum Gasteiger partial charge on any atom is 0.246 e. The van der Waals surface area contributed by atoms with Crippen LogP contribution in [0.4, 0.5) is 8.78 Å². The number of rotatable bonds is 4. The van der Waals surface area contributed by atoms with Crippen molar-refractivity contribution in [3.63, 3.8) is 0 Å². The number of nitrogens with zero attached hydrogens (tertiary/aromatic N) is 2. The average Bonchev–Trinajstić information content (AvgIpc) is 3.07. The van der Waals surface area contributed by atoms with Gasteiger partial charge in [0.15, 0.2) is 11.6 Å². The van der Waals surface area contributed by atoms with E-state index in [-0.39, 0.29) is 37.0 Å². The van der Waals surface area contributed by atoms with Gasteiger partial charge in [0.2, 0.25) is 15.9 Å². The van der Waals surface area contributed by atoms with Gasteiger partial charge in [0, 0.05) is 32.3 Å². The molecule has 0 N–H and O–H groups in total. The number of piperazine rings is 1. The van der Waals surface area contributed by atoms with Gasteiger partial charge in [-0.15, -0.1) is 0 Å².